The van der Waals surface area contributed by atoms with Crippen molar-refractivity contribution in [1.82, 2.24) is 20.2 Å². The van der Waals surface area contributed by atoms with E-state index in [0.29, 0.717) is 13.2 Å². The molecule has 2 rings (SSSR count). The highest BCUT2D eigenvalue weighted by atomic mass is 16.5. The number of morpholine rings is 1. The number of likely N-dealkylation sites (N-methyl/N-ethyl adjacent to an activating group) is 1. The minimum absolute atomic E-state index is 0.0430. The molecule has 92 valence electrons. The monoisotopic (exact) mass is 236 g/mol. The van der Waals surface area contributed by atoms with E-state index in [1.807, 2.05) is 7.05 Å². The van der Waals surface area contributed by atoms with E-state index in [9.17, 15) is 4.79 Å². The average Bonchev–Trinajstić information content (AvgIpc) is 2.37. The molecular formula is C11H16N4O2. The number of aromatic nitrogens is 2. The molecule has 1 aliphatic heterocycles. The first-order valence-corrected chi connectivity index (χ1v) is 5.61. The Morgan fingerprint density at radius 1 is 1.59 bits per heavy atom. The number of carbonyl (C=O) groups is 1. The summed E-state index contributed by atoms with van der Waals surface area (Å²) in [5, 5.41) is 2.77. The lowest BCUT2D eigenvalue weighted by molar-refractivity contribution is -0.0175. The summed E-state index contributed by atoms with van der Waals surface area (Å²) in [6.45, 7) is 2.96. The molecule has 1 fully saturated rings. The number of nitrogens with zero attached hydrogens (tertiary/aromatic N) is 3. The van der Waals surface area contributed by atoms with Crippen LogP contribution in [0.25, 0.3) is 0 Å². The smallest absolute Gasteiger partial charge is 0.289 e. The van der Waals surface area contributed by atoms with Crippen LogP contribution in [0.15, 0.2) is 18.5 Å². The topological polar surface area (TPSA) is 67.3 Å². The fourth-order valence-corrected chi connectivity index (χ4v) is 1.69. The first-order chi connectivity index (χ1) is 8.25. The lowest BCUT2D eigenvalue weighted by Crippen LogP contribution is -2.46. The van der Waals surface area contributed by atoms with Gasteiger partial charge in [0.2, 0.25) is 5.82 Å². The van der Waals surface area contributed by atoms with Gasteiger partial charge in [-0.05, 0) is 13.1 Å². The first-order valence-electron chi connectivity index (χ1n) is 5.61. The summed E-state index contributed by atoms with van der Waals surface area (Å²) in [6.07, 6.45) is 3.14. The van der Waals surface area contributed by atoms with Gasteiger partial charge in [0.05, 0.1) is 12.7 Å². The summed E-state index contributed by atoms with van der Waals surface area (Å²) in [7, 11) is 2.04. The molecule has 6 heteroatoms. The van der Waals surface area contributed by atoms with E-state index >= 15 is 0 Å². The van der Waals surface area contributed by atoms with Crippen LogP contribution in [0.2, 0.25) is 0 Å². The number of nitrogens with one attached hydrogen (secondary N) is 1. The third kappa shape index (κ3) is 3.47. The van der Waals surface area contributed by atoms with Gasteiger partial charge in [0.1, 0.15) is 0 Å². The van der Waals surface area contributed by atoms with Crippen LogP contribution in [-0.2, 0) is 4.74 Å². The van der Waals surface area contributed by atoms with Gasteiger partial charge in [-0.2, -0.15) is 0 Å². The Balaban J connectivity index is 1.80. The summed E-state index contributed by atoms with van der Waals surface area (Å²) in [4.78, 5) is 21.6. The maximum absolute atomic E-state index is 11.7. The summed E-state index contributed by atoms with van der Waals surface area (Å²) < 4.78 is 5.54. The number of amides is 1. The summed E-state index contributed by atoms with van der Waals surface area (Å²) in [5.74, 6) is -0.0703. The molecular weight excluding hydrogens is 220 g/mol. The Hall–Kier alpha value is -1.53. The second kappa shape index (κ2) is 5.70. The maximum atomic E-state index is 11.7. The largest absolute Gasteiger partial charge is 0.374 e. The molecule has 0 spiro atoms. The van der Waals surface area contributed by atoms with Crippen LogP contribution in [-0.4, -0.2) is 60.2 Å². The number of carbonyl (C=O) groups excluding carboxylic acids is 1. The molecule has 0 aliphatic carbocycles. The lowest BCUT2D eigenvalue weighted by Gasteiger charge is -2.29. The zero-order valence-corrected chi connectivity index (χ0v) is 9.80. The SMILES string of the molecule is CN1CCOC(CNC(=O)c2ncccn2)C1. The van der Waals surface area contributed by atoms with E-state index < -0.39 is 0 Å². The Morgan fingerprint density at radius 2 is 2.35 bits per heavy atom. The standard InChI is InChI=1S/C11H16N4O2/c1-15-5-6-17-9(8-15)7-14-11(16)10-12-3-2-4-13-10/h2-4,9H,5-8H2,1H3,(H,14,16). The van der Waals surface area contributed by atoms with Crippen molar-refractivity contribution in [1.29, 1.82) is 0 Å². The molecule has 2 heterocycles. The van der Waals surface area contributed by atoms with Crippen LogP contribution in [0.3, 0.4) is 0 Å². The lowest BCUT2D eigenvalue weighted by atomic mass is 10.3. The average molecular weight is 236 g/mol. The predicted molar refractivity (Wildman–Crippen MR) is 61.6 cm³/mol. The van der Waals surface area contributed by atoms with E-state index in [1.54, 1.807) is 18.5 Å². The van der Waals surface area contributed by atoms with Crippen LogP contribution in [0.5, 0.6) is 0 Å². The second-order valence-electron chi connectivity index (χ2n) is 4.04. The quantitative estimate of drug-likeness (QED) is 0.769. The van der Waals surface area contributed by atoms with Gasteiger partial charge in [-0.15, -0.1) is 0 Å². The summed E-state index contributed by atoms with van der Waals surface area (Å²) in [6, 6.07) is 1.68. The molecule has 0 bridgehead atoms. The van der Waals surface area contributed by atoms with Gasteiger partial charge in [-0.1, -0.05) is 0 Å². The highest BCUT2D eigenvalue weighted by molar-refractivity contribution is 5.90. The van der Waals surface area contributed by atoms with Crippen molar-refractivity contribution in [2.75, 3.05) is 33.3 Å². The molecule has 0 radical (unpaired) electrons. The fraction of sp³-hybridized carbons (Fsp3) is 0.545. The van der Waals surface area contributed by atoms with Crippen LogP contribution in [0.4, 0.5) is 0 Å². The van der Waals surface area contributed by atoms with Crippen molar-refractivity contribution < 1.29 is 9.53 Å². The van der Waals surface area contributed by atoms with E-state index in [1.165, 1.54) is 0 Å². The van der Waals surface area contributed by atoms with Gasteiger partial charge in [0, 0.05) is 32.0 Å². The fourth-order valence-electron chi connectivity index (χ4n) is 1.69. The maximum Gasteiger partial charge on any atom is 0.289 e. The van der Waals surface area contributed by atoms with Crippen molar-refractivity contribution in [3.05, 3.63) is 24.3 Å². The van der Waals surface area contributed by atoms with Crippen LogP contribution < -0.4 is 5.32 Å². The van der Waals surface area contributed by atoms with Gasteiger partial charge in [0.25, 0.3) is 5.91 Å². The molecule has 0 saturated carbocycles. The van der Waals surface area contributed by atoms with Crippen LogP contribution in [0, 0.1) is 0 Å². The molecule has 17 heavy (non-hydrogen) atoms. The highest BCUT2D eigenvalue weighted by Crippen LogP contribution is 2.01. The number of ether oxygens (including phenoxy) is 1. The molecule has 1 amide bonds. The third-order valence-corrected chi connectivity index (χ3v) is 2.60. The van der Waals surface area contributed by atoms with E-state index in [-0.39, 0.29) is 17.8 Å². The van der Waals surface area contributed by atoms with E-state index in [0.717, 1.165) is 13.1 Å². The molecule has 1 N–H and O–H groups in total. The molecule has 1 atom stereocenters. The molecule has 1 aromatic rings. The third-order valence-electron chi connectivity index (χ3n) is 2.60. The minimum atomic E-state index is -0.262. The highest BCUT2D eigenvalue weighted by Gasteiger charge is 2.18. The Labute approximate surface area is 100 Å². The summed E-state index contributed by atoms with van der Waals surface area (Å²) >= 11 is 0. The minimum Gasteiger partial charge on any atom is -0.374 e. The summed E-state index contributed by atoms with van der Waals surface area (Å²) in [5.41, 5.74) is 0. The van der Waals surface area contributed by atoms with Crippen LogP contribution in [0.1, 0.15) is 10.6 Å². The molecule has 6 nitrogen and oxygen atoms in total. The van der Waals surface area contributed by atoms with Gasteiger partial charge < -0.3 is 15.0 Å². The van der Waals surface area contributed by atoms with Crippen molar-refractivity contribution in [2.24, 2.45) is 0 Å². The van der Waals surface area contributed by atoms with E-state index in [4.69, 9.17) is 4.74 Å². The Kier molecular flexibility index (Phi) is 4.00. The van der Waals surface area contributed by atoms with Crippen molar-refractivity contribution in [2.45, 2.75) is 6.10 Å². The van der Waals surface area contributed by atoms with Gasteiger partial charge >= 0.3 is 0 Å². The zero-order valence-electron chi connectivity index (χ0n) is 9.80. The van der Waals surface area contributed by atoms with Gasteiger partial charge in [-0.3, -0.25) is 4.79 Å². The molecule has 1 unspecified atom stereocenters. The zero-order chi connectivity index (χ0) is 12.1. The predicted octanol–water partition coefficient (Wildman–Crippen LogP) is -0.463. The van der Waals surface area contributed by atoms with Gasteiger partial charge in [-0.25, -0.2) is 9.97 Å². The molecule has 0 aromatic carbocycles. The molecule has 1 saturated heterocycles. The van der Waals surface area contributed by atoms with Crippen LogP contribution >= 0.6 is 0 Å². The van der Waals surface area contributed by atoms with Crippen molar-refractivity contribution in [3.63, 3.8) is 0 Å². The first kappa shape index (κ1) is 11.9. The molecule has 1 aliphatic rings. The number of hydrogen-bond acceptors (Lipinski definition) is 5. The molecule has 1 aromatic heterocycles. The number of rotatable bonds is 3. The second-order valence-corrected chi connectivity index (χ2v) is 4.04. The van der Waals surface area contributed by atoms with Crippen molar-refractivity contribution in [3.8, 4) is 0 Å². The Morgan fingerprint density at radius 3 is 3.06 bits per heavy atom. The number of hydrogen-bond donors (Lipinski definition) is 1. The van der Waals surface area contributed by atoms with Gasteiger partial charge in [0.15, 0.2) is 0 Å². The Bertz CT molecular complexity index is 371. The van der Waals surface area contributed by atoms with Crippen molar-refractivity contribution >= 4 is 5.91 Å². The van der Waals surface area contributed by atoms with E-state index in [2.05, 4.69) is 20.2 Å². The normalized spacial score (nSPS) is 21.1.